The predicted octanol–water partition coefficient (Wildman–Crippen LogP) is 1.38. The maximum atomic E-state index is 12.7. The van der Waals surface area contributed by atoms with Crippen LogP contribution in [0.5, 0.6) is 0 Å². The second-order valence-electron chi connectivity index (χ2n) is 6.09. The topological polar surface area (TPSA) is 104 Å². The van der Waals surface area contributed by atoms with Gasteiger partial charge in [0.15, 0.2) is 11.7 Å². The van der Waals surface area contributed by atoms with E-state index in [9.17, 15) is 32.3 Å². The number of carbonyl (C=O) groups is 4. The van der Waals surface area contributed by atoms with Crippen molar-refractivity contribution >= 4 is 23.6 Å². The lowest BCUT2D eigenvalue weighted by Crippen LogP contribution is -2.53. The van der Waals surface area contributed by atoms with Crippen LogP contribution in [-0.2, 0) is 25.4 Å². The Hall–Kier alpha value is -2.91. The molecule has 1 aliphatic rings. The number of carboxylic acids is 1. The summed E-state index contributed by atoms with van der Waals surface area (Å²) in [5.74, 6) is -5.42. The number of nitrogens with one attached hydrogen (secondary N) is 1. The highest BCUT2D eigenvalue weighted by atomic mass is 19.4. The molecule has 1 aromatic rings. The Kier molecular flexibility index (Phi) is 5.87. The summed E-state index contributed by atoms with van der Waals surface area (Å²) < 4.78 is 38.0. The first kappa shape index (κ1) is 20.4. The van der Waals surface area contributed by atoms with Gasteiger partial charge in [-0.25, -0.2) is 0 Å². The Balaban J connectivity index is 2.17. The van der Waals surface area contributed by atoms with Crippen LogP contribution in [0.15, 0.2) is 24.3 Å². The smallest absolute Gasteiger partial charge is 0.416 e. The molecule has 1 aliphatic heterocycles. The van der Waals surface area contributed by atoms with Crippen molar-refractivity contribution < 1.29 is 37.5 Å². The quantitative estimate of drug-likeness (QED) is 0.745. The van der Waals surface area contributed by atoms with Crippen LogP contribution in [0.1, 0.15) is 30.5 Å². The highest BCUT2D eigenvalue weighted by molar-refractivity contribution is 6.19. The molecule has 1 aromatic carbocycles. The van der Waals surface area contributed by atoms with Crippen LogP contribution >= 0.6 is 0 Å². The standard InChI is InChI=1S/C17H17F3N2O5/c1-9(10-2-4-11(5-3-10)17(18,19)20)22-7-6-12(23)14(16(22)27)15(26)21-8-13(24)25/h2-5,9,14H,6-8H2,1H3,(H,21,26)(H,24,25). The number of piperidine rings is 1. The molecule has 1 saturated heterocycles. The van der Waals surface area contributed by atoms with Crippen LogP contribution in [0.25, 0.3) is 0 Å². The van der Waals surface area contributed by atoms with Gasteiger partial charge in [-0.3, -0.25) is 19.2 Å². The Morgan fingerprint density at radius 3 is 2.37 bits per heavy atom. The average Bonchev–Trinajstić information content (AvgIpc) is 2.59. The number of alkyl halides is 3. The van der Waals surface area contributed by atoms with E-state index in [0.29, 0.717) is 5.56 Å². The van der Waals surface area contributed by atoms with Gasteiger partial charge in [-0.05, 0) is 24.6 Å². The van der Waals surface area contributed by atoms with Gasteiger partial charge in [0.2, 0.25) is 11.8 Å². The summed E-state index contributed by atoms with van der Waals surface area (Å²) >= 11 is 0. The zero-order chi connectivity index (χ0) is 20.4. The normalized spacial score (nSPS) is 19.0. The highest BCUT2D eigenvalue weighted by Crippen LogP contribution is 2.32. The molecule has 10 heteroatoms. The second kappa shape index (κ2) is 7.77. The minimum atomic E-state index is -4.48. The number of carboxylic acid groups (broad SMARTS) is 1. The van der Waals surface area contributed by atoms with Crippen molar-refractivity contribution in [1.29, 1.82) is 0 Å². The Morgan fingerprint density at radius 1 is 1.26 bits per heavy atom. The van der Waals surface area contributed by atoms with Crippen molar-refractivity contribution in [1.82, 2.24) is 10.2 Å². The zero-order valence-corrected chi connectivity index (χ0v) is 14.2. The molecule has 2 rings (SSSR count). The molecular formula is C17H17F3N2O5. The third-order valence-corrected chi connectivity index (χ3v) is 4.32. The van der Waals surface area contributed by atoms with Gasteiger partial charge in [0.1, 0.15) is 6.54 Å². The van der Waals surface area contributed by atoms with E-state index in [4.69, 9.17) is 5.11 Å². The van der Waals surface area contributed by atoms with Gasteiger partial charge >= 0.3 is 12.1 Å². The zero-order valence-electron chi connectivity index (χ0n) is 14.2. The van der Waals surface area contributed by atoms with Crippen molar-refractivity contribution in [2.45, 2.75) is 25.6 Å². The summed E-state index contributed by atoms with van der Waals surface area (Å²) in [6.07, 6.45) is -4.59. The summed E-state index contributed by atoms with van der Waals surface area (Å²) in [6, 6.07) is 3.58. The molecule has 2 amide bonds. The Bertz CT molecular complexity index is 761. The minimum Gasteiger partial charge on any atom is -0.480 e. The van der Waals surface area contributed by atoms with Gasteiger partial charge < -0.3 is 15.3 Å². The maximum absolute atomic E-state index is 12.7. The molecule has 7 nitrogen and oxygen atoms in total. The lowest BCUT2D eigenvalue weighted by Gasteiger charge is -2.35. The van der Waals surface area contributed by atoms with E-state index in [1.807, 2.05) is 5.32 Å². The summed E-state index contributed by atoms with van der Waals surface area (Å²) in [4.78, 5) is 48.3. The highest BCUT2D eigenvalue weighted by Gasteiger charge is 2.42. The van der Waals surface area contributed by atoms with Crippen LogP contribution < -0.4 is 5.32 Å². The molecule has 2 N–H and O–H groups in total. The number of amides is 2. The number of ketones is 1. The summed E-state index contributed by atoms with van der Waals surface area (Å²) in [6.45, 7) is 0.857. The number of likely N-dealkylation sites (tertiary alicyclic amines) is 1. The molecule has 0 radical (unpaired) electrons. The Labute approximate surface area is 152 Å². The lowest BCUT2D eigenvalue weighted by molar-refractivity contribution is -0.153. The molecule has 0 spiro atoms. The second-order valence-corrected chi connectivity index (χ2v) is 6.09. The number of benzene rings is 1. The molecule has 27 heavy (non-hydrogen) atoms. The SMILES string of the molecule is CC(c1ccc(C(F)(F)F)cc1)N1CCC(=O)C(C(=O)NCC(=O)O)C1=O. The fourth-order valence-electron chi connectivity index (χ4n) is 2.83. The summed E-state index contributed by atoms with van der Waals surface area (Å²) in [5, 5.41) is 10.6. The molecule has 1 fully saturated rings. The van der Waals surface area contributed by atoms with Crippen LogP contribution in [0.2, 0.25) is 0 Å². The molecule has 146 valence electrons. The average molecular weight is 386 g/mol. The predicted molar refractivity (Wildman–Crippen MR) is 85.3 cm³/mol. The largest absolute Gasteiger partial charge is 0.480 e. The molecule has 2 unspecified atom stereocenters. The van der Waals surface area contributed by atoms with Crippen LogP contribution in [0, 0.1) is 5.92 Å². The van der Waals surface area contributed by atoms with E-state index in [0.717, 1.165) is 12.1 Å². The first-order valence-electron chi connectivity index (χ1n) is 8.02. The molecule has 0 aliphatic carbocycles. The van der Waals surface area contributed by atoms with E-state index in [1.54, 1.807) is 6.92 Å². The number of hydrogen-bond acceptors (Lipinski definition) is 4. The molecule has 0 bridgehead atoms. The van der Waals surface area contributed by atoms with E-state index in [2.05, 4.69) is 0 Å². The molecule has 2 atom stereocenters. The molecule has 0 saturated carbocycles. The molecule has 1 heterocycles. The van der Waals surface area contributed by atoms with E-state index >= 15 is 0 Å². The number of Topliss-reactive ketones (excluding diaryl/α,β-unsaturated/α-hetero) is 1. The fraction of sp³-hybridized carbons (Fsp3) is 0.412. The maximum Gasteiger partial charge on any atom is 0.416 e. The van der Waals surface area contributed by atoms with Crippen molar-refractivity contribution in [3.63, 3.8) is 0 Å². The van der Waals surface area contributed by atoms with Gasteiger partial charge in [0.05, 0.1) is 11.6 Å². The van der Waals surface area contributed by atoms with E-state index in [1.165, 1.54) is 17.0 Å². The molecule has 0 aromatic heterocycles. The van der Waals surface area contributed by atoms with Crippen molar-refractivity contribution in [3.05, 3.63) is 35.4 Å². The van der Waals surface area contributed by atoms with E-state index < -0.39 is 53.8 Å². The summed E-state index contributed by atoms with van der Waals surface area (Å²) in [7, 11) is 0. The van der Waals surface area contributed by atoms with Gasteiger partial charge in [-0.15, -0.1) is 0 Å². The number of nitrogens with zero attached hydrogens (tertiary/aromatic N) is 1. The third-order valence-electron chi connectivity index (χ3n) is 4.32. The Morgan fingerprint density at radius 2 is 1.85 bits per heavy atom. The monoisotopic (exact) mass is 386 g/mol. The van der Waals surface area contributed by atoms with Crippen LogP contribution in [0.3, 0.4) is 0 Å². The minimum absolute atomic E-state index is 0.0164. The van der Waals surface area contributed by atoms with E-state index in [-0.39, 0.29) is 13.0 Å². The van der Waals surface area contributed by atoms with Gasteiger partial charge in [-0.2, -0.15) is 13.2 Å². The van der Waals surface area contributed by atoms with Crippen LogP contribution in [0.4, 0.5) is 13.2 Å². The summed E-state index contributed by atoms with van der Waals surface area (Å²) in [5.41, 5.74) is -0.417. The number of aliphatic carboxylic acids is 1. The van der Waals surface area contributed by atoms with Gasteiger partial charge in [0.25, 0.3) is 0 Å². The fourth-order valence-corrected chi connectivity index (χ4v) is 2.83. The number of hydrogen-bond donors (Lipinski definition) is 2. The van der Waals surface area contributed by atoms with Crippen molar-refractivity contribution in [2.75, 3.05) is 13.1 Å². The van der Waals surface area contributed by atoms with Crippen molar-refractivity contribution in [3.8, 4) is 0 Å². The third kappa shape index (κ3) is 4.63. The number of rotatable bonds is 5. The lowest BCUT2D eigenvalue weighted by atomic mass is 9.92. The first-order chi connectivity index (χ1) is 12.5. The molecular weight excluding hydrogens is 369 g/mol. The van der Waals surface area contributed by atoms with Gasteiger partial charge in [0, 0.05) is 13.0 Å². The number of carbonyl (C=O) groups excluding carboxylic acids is 3. The number of halogens is 3. The van der Waals surface area contributed by atoms with Crippen molar-refractivity contribution in [2.24, 2.45) is 5.92 Å². The van der Waals surface area contributed by atoms with Gasteiger partial charge in [-0.1, -0.05) is 12.1 Å². The first-order valence-corrected chi connectivity index (χ1v) is 8.02. The van der Waals surface area contributed by atoms with Crippen LogP contribution in [-0.4, -0.2) is 46.7 Å².